The Morgan fingerprint density at radius 1 is 1.32 bits per heavy atom. The molecule has 0 saturated heterocycles. The molecule has 0 fully saturated rings. The van der Waals surface area contributed by atoms with Crippen molar-refractivity contribution in [2.45, 2.75) is 38.1 Å². The van der Waals surface area contributed by atoms with Gasteiger partial charge in [-0.25, -0.2) is 0 Å². The third kappa shape index (κ3) is 6.71. The van der Waals surface area contributed by atoms with Crippen molar-refractivity contribution in [1.29, 1.82) is 0 Å². The summed E-state index contributed by atoms with van der Waals surface area (Å²) in [5.41, 5.74) is 4.33. The first-order valence-corrected chi connectivity index (χ1v) is 7.82. The van der Waals surface area contributed by atoms with Gasteiger partial charge in [0.05, 0.1) is 24.3 Å². The second-order valence-electron chi connectivity index (χ2n) is 5.53. The summed E-state index contributed by atoms with van der Waals surface area (Å²) in [4.78, 5) is 23.7. The molecule has 0 aliphatic carbocycles. The molecule has 0 aliphatic rings. The zero-order valence-corrected chi connectivity index (χ0v) is 13.8. The number of hydrogen-bond donors (Lipinski definition) is 4. The molecule has 0 heterocycles. The molecular weight excluding hydrogens is 339 g/mol. The Morgan fingerprint density at radius 2 is 2.00 bits per heavy atom. The summed E-state index contributed by atoms with van der Waals surface area (Å²) >= 11 is 0. The van der Waals surface area contributed by atoms with E-state index in [-0.39, 0.29) is 12.1 Å². The summed E-state index contributed by atoms with van der Waals surface area (Å²) in [6.07, 6.45) is -4.20. The van der Waals surface area contributed by atoms with Gasteiger partial charge >= 0.3 is 6.18 Å². The summed E-state index contributed by atoms with van der Waals surface area (Å²) in [5, 5.41) is 14.6. The normalized spacial score (nSPS) is 13.8. The smallest absolute Gasteiger partial charge is 0.391 e. The van der Waals surface area contributed by atoms with Gasteiger partial charge in [-0.1, -0.05) is 19.4 Å². The van der Waals surface area contributed by atoms with Crippen LogP contribution >= 0.6 is 0 Å². The number of rotatable bonds is 8. The molecule has 2 atom stereocenters. The van der Waals surface area contributed by atoms with Gasteiger partial charge in [0.2, 0.25) is 5.91 Å². The quantitative estimate of drug-likeness (QED) is 0.555. The molecule has 1 aromatic carbocycles. The standard InChI is InChI=1S/C16H22F3N3O3/c1-2-4-13(23)12(8-20)22-14(24)9-21-15(25)10-5-3-6-11(7-10)16(17,18)19/h3,5-7,12-13,23H,2,4,8-9,20H2,1H3,(H,21,25)(H,22,24). The molecule has 0 spiro atoms. The summed E-state index contributed by atoms with van der Waals surface area (Å²) in [5.74, 6) is -1.40. The highest BCUT2D eigenvalue weighted by atomic mass is 19.4. The van der Waals surface area contributed by atoms with E-state index in [9.17, 15) is 27.9 Å². The summed E-state index contributed by atoms with van der Waals surface area (Å²) < 4.78 is 37.9. The Morgan fingerprint density at radius 3 is 2.56 bits per heavy atom. The minimum Gasteiger partial charge on any atom is -0.391 e. The van der Waals surface area contributed by atoms with E-state index in [4.69, 9.17) is 5.73 Å². The molecule has 0 saturated carbocycles. The topological polar surface area (TPSA) is 104 Å². The molecule has 9 heteroatoms. The van der Waals surface area contributed by atoms with Crippen LogP contribution < -0.4 is 16.4 Å². The molecule has 0 radical (unpaired) electrons. The van der Waals surface area contributed by atoms with E-state index in [2.05, 4.69) is 10.6 Å². The predicted octanol–water partition coefficient (Wildman–Crippen LogP) is 1.04. The highest BCUT2D eigenvalue weighted by Gasteiger charge is 2.31. The number of benzene rings is 1. The minimum atomic E-state index is -4.56. The van der Waals surface area contributed by atoms with E-state index >= 15 is 0 Å². The van der Waals surface area contributed by atoms with Crippen molar-refractivity contribution in [3.63, 3.8) is 0 Å². The third-order valence-electron chi connectivity index (χ3n) is 3.51. The molecule has 140 valence electrons. The van der Waals surface area contributed by atoms with E-state index in [1.165, 1.54) is 6.07 Å². The average Bonchev–Trinajstić information content (AvgIpc) is 2.57. The average molecular weight is 361 g/mol. The van der Waals surface area contributed by atoms with Crippen molar-refractivity contribution < 1.29 is 27.9 Å². The maximum absolute atomic E-state index is 12.6. The molecule has 25 heavy (non-hydrogen) atoms. The van der Waals surface area contributed by atoms with Crippen LogP contribution in [-0.2, 0) is 11.0 Å². The Balaban J connectivity index is 2.60. The molecule has 2 unspecified atom stereocenters. The van der Waals surface area contributed by atoms with Gasteiger partial charge in [-0.05, 0) is 24.6 Å². The number of nitrogens with one attached hydrogen (secondary N) is 2. The van der Waals surface area contributed by atoms with Gasteiger partial charge in [-0.3, -0.25) is 9.59 Å². The molecule has 2 amide bonds. The van der Waals surface area contributed by atoms with Gasteiger partial charge in [-0.2, -0.15) is 13.2 Å². The first-order chi connectivity index (χ1) is 11.7. The van der Waals surface area contributed by atoms with Gasteiger partial charge in [0.1, 0.15) is 0 Å². The number of nitrogens with two attached hydrogens (primary N) is 1. The number of amides is 2. The van der Waals surface area contributed by atoms with Crippen LogP contribution in [-0.4, -0.2) is 42.2 Å². The van der Waals surface area contributed by atoms with Crippen molar-refractivity contribution in [2.75, 3.05) is 13.1 Å². The molecule has 1 aromatic rings. The molecule has 0 aliphatic heterocycles. The van der Waals surface area contributed by atoms with E-state index in [1.807, 2.05) is 6.92 Å². The van der Waals surface area contributed by atoms with Crippen LogP contribution in [0.1, 0.15) is 35.7 Å². The van der Waals surface area contributed by atoms with Crippen LogP contribution in [0.2, 0.25) is 0 Å². The van der Waals surface area contributed by atoms with Gasteiger partial charge in [0.15, 0.2) is 0 Å². The van der Waals surface area contributed by atoms with Crippen molar-refractivity contribution >= 4 is 11.8 Å². The maximum Gasteiger partial charge on any atom is 0.416 e. The van der Waals surface area contributed by atoms with Gasteiger partial charge in [0, 0.05) is 12.1 Å². The highest BCUT2D eigenvalue weighted by molar-refractivity contribution is 5.96. The van der Waals surface area contributed by atoms with Crippen LogP contribution in [0.4, 0.5) is 13.2 Å². The number of aliphatic hydroxyl groups is 1. The van der Waals surface area contributed by atoms with E-state index in [1.54, 1.807) is 0 Å². The maximum atomic E-state index is 12.6. The largest absolute Gasteiger partial charge is 0.416 e. The van der Waals surface area contributed by atoms with Gasteiger partial charge in [0.25, 0.3) is 5.91 Å². The van der Waals surface area contributed by atoms with Gasteiger partial charge in [-0.15, -0.1) is 0 Å². The lowest BCUT2D eigenvalue weighted by atomic mass is 10.1. The molecule has 0 bridgehead atoms. The SMILES string of the molecule is CCCC(O)C(CN)NC(=O)CNC(=O)c1cccc(C(F)(F)F)c1. The summed E-state index contributed by atoms with van der Waals surface area (Å²) in [6, 6.07) is 3.24. The lowest BCUT2D eigenvalue weighted by molar-refractivity contribution is -0.137. The van der Waals surface area contributed by atoms with E-state index in [0.717, 1.165) is 12.1 Å². The monoisotopic (exact) mass is 361 g/mol. The van der Waals surface area contributed by atoms with Crippen LogP contribution in [0.3, 0.4) is 0 Å². The van der Waals surface area contributed by atoms with Crippen LogP contribution in [0.15, 0.2) is 24.3 Å². The fourth-order valence-corrected chi connectivity index (χ4v) is 2.17. The number of aliphatic hydroxyl groups excluding tert-OH is 1. The van der Waals surface area contributed by atoms with Crippen molar-refractivity contribution in [2.24, 2.45) is 5.73 Å². The molecular formula is C16H22F3N3O3. The van der Waals surface area contributed by atoms with Gasteiger partial charge < -0.3 is 21.5 Å². The van der Waals surface area contributed by atoms with Crippen molar-refractivity contribution in [3.05, 3.63) is 35.4 Å². The first-order valence-electron chi connectivity index (χ1n) is 7.82. The second kappa shape index (κ2) is 9.38. The Labute approximate surface area is 143 Å². The summed E-state index contributed by atoms with van der Waals surface area (Å²) in [7, 11) is 0. The number of carbonyl (C=O) groups excluding carboxylic acids is 2. The highest BCUT2D eigenvalue weighted by Crippen LogP contribution is 2.29. The van der Waals surface area contributed by atoms with E-state index < -0.39 is 42.2 Å². The zero-order valence-electron chi connectivity index (χ0n) is 13.8. The van der Waals surface area contributed by atoms with Crippen molar-refractivity contribution in [1.82, 2.24) is 10.6 Å². The summed E-state index contributed by atoms with van der Waals surface area (Å²) in [6.45, 7) is 1.45. The van der Waals surface area contributed by atoms with Crippen molar-refractivity contribution in [3.8, 4) is 0 Å². The number of hydrogen-bond acceptors (Lipinski definition) is 4. The van der Waals surface area contributed by atoms with Crippen LogP contribution in [0, 0.1) is 0 Å². The molecule has 0 aromatic heterocycles. The Kier molecular flexibility index (Phi) is 7.85. The Bertz CT molecular complexity index is 593. The lowest BCUT2D eigenvalue weighted by Crippen LogP contribution is -2.50. The van der Waals surface area contributed by atoms with E-state index in [0.29, 0.717) is 18.9 Å². The predicted molar refractivity (Wildman–Crippen MR) is 85.7 cm³/mol. The Hall–Kier alpha value is -2.13. The molecule has 1 rings (SSSR count). The molecule has 5 N–H and O–H groups in total. The number of carbonyl (C=O) groups is 2. The zero-order chi connectivity index (χ0) is 19.0. The number of alkyl halides is 3. The lowest BCUT2D eigenvalue weighted by Gasteiger charge is -2.22. The third-order valence-corrected chi connectivity index (χ3v) is 3.51. The first kappa shape index (κ1) is 20.9. The number of halogens is 3. The molecule has 6 nitrogen and oxygen atoms in total. The van der Waals surface area contributed by atoms with Crippen LogP contribution in [0.5, 0.6) is 0 Å². The fraction of sp³-hybridized carbons (Fsp3) is 0.500. The second-order valence-corrected chi connectivity index (χ2v) is 5.53. The fourth-order valence-electron chi connectivity index (χ4n) is 2.17. The minimum absolute atomic E-state index is 0.0223. The van der Waals surface area contributed by atoms with Crippen LogP contribution in [0.25, 0.3) is 0 Å².